The van der Waals surface area contributed by atoms with Crippen LogP contribution in [0.25, 0.3) is 5.69 Å². The average Bonchev–Trinajstić information content (AvgIpc) is 3.13. The fourth-order valence-electron chi connectivity index (χ4n) is 3.55. The number of aldehydes is 1. The molecule has 5 heteroatoms. The van der Waals surface area contributed by atoms with E-state index in [1.165, 1.54) is 11.1 Å². The van der Waals surface area contributed by atoms with Gasteiger partial charge in [-0.1, -0.05) is 6.07 Å². The lowest BCUT2D eigenvalue weighted by Gasteiger charge is -2.41. The zero-order valence-corrected chi connectivity index (χ0v) is 16.3. The van der Waals surface area contributed by atoms with Crippen LogP contribution >= 0.6 is 11.8 Å². The van der Waals surface area contributed by atoms with Crippen LogP contribution in [-0.2, 0) is 4.79 Å². The summed E-state index contributed by atoms with van der Waals surface area (Å²) >= 11 is 1.61. The minimum absolute atomic E-state index is 0.344. The van der Waals surface area contributed by atoms with E-state index in [1.807, 2.05) is 25.6 Å². The number of rotatable bonds is 5. The van der Waals surface area contributed by atoms with Gasteiger partial charge < -0.3 is 9.36 Å². The third-order valence-corrected chi connectivity index (χ3v) is 6.67. The quantitative estimate of drug-likeness (QED) is 0.760. The maximum absolute atomic E-state index is 11.6. The average molecular weight is 358 g/mol. The fraction of sp³-hybridized carbons (Fsp3) is 0.500. The number of aryl methyl sites for hydroxylation is 2. The summed E-state index contributed by atoms with van der Waals surface area (Å²) in [6.07, 6.45) is 9.23. The molecule has 25 heavy (non-hydrogen) atoms. The van der Waals surface area contributed by atoms with Crippen LogP contribution in [0.5, 0.6) is 0 Å². The molecule has 0 bridgehead atoms. The molecule has 0 radical (unpaired) electrons. The third-order valence-electron chi connectivity index (χ3n) is 5.48. The number of carbonyl (C=O) groups is 1. The third kappa shape index (κ3) is 3.53. The number of carbonyl (C=O) groups excluding carboxylic acids is 1. The Morgan fingerprint density at radius 3 is 2.80 bits per heavy atom. The van der Waals surface area contributed by atoms with Crippen LogP contribution < -0.4 is 0 Å². The van der Waals surface area contributed by atoms with E-state index >= 15 is 0 Å². The Bertz CT molecular complexity index is 757. The molecule has 2 atom stereocenters. The molecular formula is C20H27N3OS. The summed E-state index contributed by atoms with van der Waals surface area (Å²) in [7, 11) is 0. The van der Waals surface area contributed by atoms with Gasteiger partial charge in [0.25, 0.3) is 0 Å². The molecule has 0 N–H and O–H groups in total. The Balaban J connectivity index is 1.89. The lowest BCUT2D eigenvalue weighted by molar-refractivity contribution is -0.113. The molecule has 1 fully saturated rings. The summed E-state index contributed by atoms with van der Waals surface area (Å²) in [4.78, 5) is 18.2. The van der Waals surface area contributed by atoms with E-state index in [9.17, 15) is 4.79 Å². The smallest absolute Gasteiger partial charge is 0.150 e. The number of imidazole rings is 1. The van der Waals surface area contributed by atoms with Crippen LogP contribution in [0.15, 0.2) is 30.6 Å². The SMILES string of the molecule is CSC(C)(C=O)N1CCCC(c2nccn2-c2ccc(C)c(C)c2)C1. The molecule has 2 unspecified atom stereocenters. The molecule has 0 aliphatic carbocycles. The monoisotopic (exact) mass is 357 g/mol. The molecule has 1 aliphatic heterocycles. The van der Waals surface area contributed by atoms with Crippen LogP contribution in [0.2, 0.25) is 0 Å². The van der Waals surface area contributed by atoms with Crippen molar-refractivity contribution in [1.29, 1.82) is 0 Å². The first-order chi connectivity index (χ1) is 12.0. The number of hydrogen-bond acceptors (Lipinski definition) is 4. The minimum atomic E-state index is -0.448. The van der Waals surface area contributed by atoms with Gasteiger partial charge in [0.05, 0.1) is 0 Å². The van der Waals surface area contributed by atoms with Gasteiger partial charge in [-0.3, -0.25) is 4.90 Å². The van der Waals surface area contributed by atoms with E-state index in [0.717, 1.165) is 43.7 Å². The zero-order chi connectivity index (χ0) is 18.0. The Labute approximate surface area is 154 Å². The summed E-state index contributed by atoms with van der Waals surface area (Å²) in [6.45, 7) is 8.14. The Hall–Kier alpha value is -1.59. The van der Waals surface area contributed by atoms with Crippen molar-refractivity contribution in [2.24, 2.45) is 0 Å². The van der Waals surface area contributed by atoms with Crippen LogP contribution in [0.3, 0.4) is 0 Å². The van der Waals surface area contributed by atoms with Crippen molar-refractivity contribution in [3.05, 3.63) is 47.5 Å². The Kier molecular flexibility index (Phi) is 5.35. The van der Waals surface area contributed by atoms with Gasteiger partial charge in [0, 0.05) is 30.5 Å². The van der Waals surface area contributed by atoms with Crippen LogP contribution in [0.4, 0.5) is 0 Å². The molecule has 1 aliphatic rings. The van der Waals surface area contributed by atoms with Gasteiger partial charge in [-0.2, -0.15) is 0 Å². The molecule has 2 aromatic rings. The van der Waals surface area contributed by atoms with Gasteiger partial charge in [-0.05, 0) is 69.7 Å². The van der Waals surface area contributed by atoms with Crippen LogP contribution in [-0.4, -0.2) is 45.0 Å². The first-order valence-electron chi connectivity index (χ1n) is 8.86. The fourth-order valence-corrected chi connectivity index (χ4v) is 4.07. The molecule has 1 saturated heterocycles. The van der Waals surface area contributed by atoms with Gasteiger partial charge >= 0.3 is 0 Å². The van der Waals surface area contributed by atoms with Crippen LogP contribution in [0, 0.1) is 13.8 Å². The Morgan fingerprint density at radius 2 is 2.12 bits per heavy atom. The summed E-state index contributed by atoms with van der Waals surface area (Å²) < 4.78 is 2.21. The predicted molar refractivity (Wildman–Crippen MR) is 105 cm³/mol. The van der Waals surface area contributed by atoms with E-state index in [1.54, 1.807) is 11.8 Å². The highest BCUT2D eigenvalue weighted by molar-refractivity contribution is 8.00. The molecule has 0 amide bonds. The molecule has 1 aromatic heterocycles. The van der Waals surface area contributed by atoms with Crippen molar-refractivity contribution in [2.45, 2.75) is 44.4 Å². The van der Waals surface area contributed by atoms with Crippen molar-refractivity contribution in [1.82, 2.24) is 14.5 Å². The molecule has 3 rings (SSSR count). The highest BCUT2D eigenvalue weighted by Crippen LogP contribution is 2.34. The lowest BCUT2D eigenvalue weighted by Crippen LogP contribution is -2.49. The number of aromatic nitrogens is 2. The summed E-state index contributed by atoms with van der Waals surface area (Å²) in [5, 5.41) is 0. The molecule has 0 spiro atoms. The number of thioether (sulfide) groups is 1. The predicted octanol–water partition coefficient (Wildman–Crippen LogP) is 3.95. The van der Waals surface area contributed by atoms with E-state index in [4.69, 9.17) is 0 Å². The van der Waals surface area contributed by atoms with Crippen molar-refractivity contribution in [2.75, 3.05) is 19.3 Å². The molecule has 134 valence electrons. The minimum Gasteiger partial charge on any atom is -0.303 e. The van der Waals surface area contributed by atoms with Gasteiger partial charge in [-0.15, -0.1) is 11.8 Å². The number of piperidine rings is 1. The van der Waals surface area contributed by atoms with Crippen molar-refractivity contribution in [3.63, 3.8) is 0 Å². The maximum Gasteiger partial charge on any atom is 0.150 e. The highest BCUT2D eigenvalue weighted by Gasteiger charge is 2.36. The topological polar surface area (TPSA) is 38.1 Å². The van der Waals surface area contributed by atoms with Crippen LogP contribution in [0.1, 0.15) is 42.6 Å². The number of hydrogen-bond donors (Lipinski definition) is 0. The first kappa shape index (κ1) is 18.2. The molecular weight excluding hydrogens is 330 g/mol. The van der Waals surface area contributed by atoms with Crippen molar-refractivity contribution in [3.8, 4) is 5.69 Å². The summed E-state index contributed by atoms with van der Waals surface area (Å²) in [5.74, 6) is 1.44. The number of nitrogens with zero attached hydrogens (tertiary/aromatic N) is 3. The second-order valence-corrected chi connectivity index (χ2v) is 8.32. The highest BCUT2D eigenvalue weighted by atomic mass is 32.2. The molecule has 4 nitrogen and oxygen atoms in total. The lowest BCUT2D eigenvalue weighted by atomic mass is 9.95. The van der Waals surface area contributed by atoms with E-state index < -0.39 is 4.87 Å². The van der Waals surface area contributed by atoms with Gasteiger partial charge in [-0.25, -0.2) is 4.98 Å². The van der Waals surface area contributed by atoms with Gasteiger partial charge in [0.15, 0.2) is 0 Å². The summed E-state index contributed by atoms with van der Waals surface area (Å²) in [6, 6.07) is 6.54. The van der Waals surface area contributed by atoms with E-state index in [-0.39, 0.29) is 0 Å². The molecule has 1 aromatic carbocycles. The second-order valence-electron chi connectivity index (χ2n) is 7.09. The second kappa shape index (κ2) is 7.34. The molecule has 0 saturated carbocycles. The van der Waals surface area contributed by atoms with E-state index in [2.05, 4.69) is 46.5 Å². The number of benzene rings is 1. The molecule has 2 heterocycles. The largest absolute Gasteiger partial charge is 0.303 e. The summed E-state index contributed by atoms with van der Waals surface area (Å²) in [5.41, 5.74) is 3.75. The van der Waals surface area contributed by atoms with Gasteiger partial charge in [0.2, 0.25) is 0 Å². The normalized spacial score (nSPS) is 21.0. The zero-order valence-electron chi connectivity index (χ0n) is 15.5. The van der Waals surface area contributed by atoms with E-state index in [0.29, 0.717) is 5.92 Å². The first-order valence-corrected chi connectivity index (χ1v) is 10.1. The standard InChI is InChI=1S/C20H27N3OS/c1-15-7-8-18(12-16(15)2)23-11-9-21-19(23)17-6-5-10-22(13-17)20(3,14-24)25-4/h7-9,11-12,14,17H,5-6,10,13H2,1-4H3. The van der Waals surface area contributed by atoms with Crippen molar-refractivity contribution < 1.29 is 4.79 Å². The Morgan fingerprint density at radius 1 is 1.32 bits per heavy atom. The van der Waals surface area contributed by atoms with Crippen molar-refractivity contribution >= 4 is 18.0 Å². The number of likely N-dealkylation sites (tertiary alicyclic amines) is 1. The maximum atomic E-state index is 11.6. The van der Waals surface area contributed by atoms with Gasteiger partial charge in [0.1, 0.15) is 17.0 Å².